The zero-order valence-corrected chi connectivity index (χ0v) is 13.6. The van der Waals surface area contributed by atoms with E-state index in [4.69, 9.17) is 9.57 Å². The smallest absolute Gasteiger partial charge is 0.167 e. The van der Waals surface area contributed by atoms with Crippen LogP contribution in [0.5, 0.6) is 0 Å². The Hall–Kier alpha value is 0.0969. The molecule has 0 radical (unpaired) electrons. The van der Waals surface area contributed by atoms with Crippen LogP contribution in [0.3, 0.4) is 0 Å². The van der Waals surface area contributed by atoms with Gasteiger partial charge in [0.05, 0.1) is 0 Å². The third kappa shape index (κ3) is 4.65. The van der Waals surface area contributed by atoms with Crippen LogP contribution < -0.4 is 5.48 Å². The van der Waals surface area contributed by atoms with E-state index >= 15 is 0 Å². The van der Waals surface area contributed by atoms with Gasteiger partial charge in [0.15, 0.2) is 5.41 Å². The highest BCUT2D eigenvalue weighted by Crippen LogP contribution is 2.34. The molecule has 0 saturated carbocycles. The zero-order valence-electron chi connectivity index (χ0n) is 12.5. The fourth-order valence-corrected chi connectivity index (χ4v) is 6.67. The van der Waals surface area contributed by atoms with Crippen molar-refractivity contribution < 1.29 is 9.57 Å². The summed E-state index contributed by atoms with van der Waals surface area (Å²) in [7, 11) is -0.958. The first kappa shape index (κ1) is 16.2. The molecule has 0 aliphatic carbocycles. The minimum atomic E-state index is -0.958. The largest absolute Gasteiger partial charge is 0.352 e. The molecular weight excluding hydrogens is 242 g/mol. The fourth-order valence-electron chi connectivity index (χ4n) is 2.80. The molecule has 3 nitrogen and oxygen atoms in total. The summed E-state index contributed by atoms with van der Waals surface area (Å²) in [5.74, 6) is 0. The molecule has 18 heavy (non-hydrogen) atoms. The number of hydrogen-bond acceptors (Lipinski definition) is 3. The van der Waals surface area contributed by atoms with Crippen molar-refractivity contribution in [1.82, 2.24) is 5.48 Å². The summed E-state index contributed by atoms with van der Waals surface area (Å²) in [6.07, 6.45) is 7.18. The number of rotatable bonds is 9. The Bertz CT molecular complexity index is 214. The van der Waals surface area contributed by atoms with E-state index in [1.165, 1.54) is 31.4 Å². The van der Waals surface area contributed by atoms with Crippen LogP contribution in [0, 0.1) is 0 Å². The Morgan fingerprint density at radius 1 is 1.11 bits per heavy atom. The third-order valence-electron chi connectivity index (χ3n) is 3.73. The van der Waals surface area contributed by atoms with Gasteiger partial charge in [-0.25, -0.2) is 0 Å². The van der Waals surface area contributed by atoms with Crippen molar-refractivity contribution in [2.24, 2.45) is 0 Å². The monoisotopic (exact) mass is 273 g/mol. The molecule has 0 aromatic carbocycles. The highest BCUT2D eigenvalue weighted by Gasteiger charge is 2.43. The second-order valence-electron chi connectivity index (χ2n) is 5.39. The average Bonchev–Trinajstić information content (AvgIpc) is 2.39. The lowest BCUT2D eigenvalue weighted by molar-refractivity contribution is -0.225. The van der Waals surface area contributed by atoms with Crippen LogP contribution in [-0.4, -0.2) is 27.4 Å². The first-order chi connectivity index (χ1) is 8.79. The summed E-state index contributed by atoms with van der Waals surface area (Å²) in [6, 6.07) is 2.73. The second kappa shape index (κ2) is 9.07. The molecule has 2 atom stereocenters. The Balaban J connectivity index is 2.63. The number of hydrogen-bond donors (Lipinski definition) is 1. The van der Waals surface area contributed by atoms with Crippen LogP contribution in [0.25, 0.3) is 0 Å². The van der Waals surface area contributed by atoms with E-state index in [-0.39, 0.29) is 5.41 Å². The molecule has 108 valence electrons. The predicted octanol–water partition coefficient (Wildman–Crippen LogP) is 3.40. The number of nitrogens with one attached hydrogen (secondary N) is 1. The molecule has 0 amide bonds. The van der Waals surface area contributed by atoms with Crippen molar-refractivity contribution in [2.45, 2.75) is 76.8 Å². The summed E-state index contributed by atoms with van der Waals surface area (Å²) in [4.78, 5) is 6.07. The maximum absolute atomic E-state index is 6.21. The lowest BCUT2D eigenvalue weighted by atomic mass is 10.2. The summed E-state index contributed by atoms with van der Waals surface area (Å²) >= 11 is 0. The Morgan fingerprint density at radius 3 is 2.61 bits per heavy atom. The third-order valence-corrected chi connectivity index (χ3v) is 7.93. The molecule has 2 unspecified atom stereocenters. The van der Waals surface area contributed by atoms with Crippen LogP contribution >= 0.6 is 0 Å². The van der Waals surface area contributed by atoms with Gasteiger partial charge in [-0.15, -0.1) is 0 Å². The minimum Gasteiger partial charge on any atom is -0.352 e. The molecule has 1 fully saturated rings. The van der Waals surface area contributed by atoms with Gasteiger partial charge < -0.3 is 4.74 Å². The maximum atomic E-state index is 6.21. The van der Waals surface area contributed by atoms with E-state index in [2.05, 4.69) is 26.3 Å². The summed E-state index contributed by atoms with van der Waals surface area (Å²) < 4.78 is 6.21. The number of ether oxygens (including phenoxy) is 1. The van der Waals surface area contributed by atoms with Crippen molar-refractivity contribution in [2.75, 3.05) is 13.2 Å². The molecule has 1 N–H and O–H groups in total. The zero-order chi connectivity index (χ0) is 13.3. The van der Waals surface area contributed by atoms with Crippen molar-refractivity contribution in [3.05, 3.63) is 0 Å². The van der Waals surface area contributed by atoms with Crippen LogP contribution in [0.2, 0.25) is 12.1 Å². The maximum Gasteiger partial charge on any atom is 0.167 e. The molecule has 0 aromatic heterocycles. The van der Waals surface area contributed by atoms with Crippen LogP contribution in [0.4, 0.5) is 0 Å². The normalized spacial score (nSPS) is 28.5. The Kier molecular flexibility index (Phi) is 8.14. The minimum absolute atomic E-state index is 0.223. The predicted molar refractivity (Wildman–Crippen MR) is 79.3 cm³/mol. The standard InChI is InChI=1S/C14H31NO2Si/c1-4-10-15-17-14(16-11-5-2)9-7-8-13-18(14)12-6-3/h15,18H,4-13H2,1-3H3. The van der Waals surface area contributed by atoms with Gasteiger partial charge in [-0.2, -0.15) is 5.48 Å². The molecule has 1 aliphatic rings. The highest BCUT2D eigenvalue weighted by molar-refractivity contribution is 6.61. The van der Waals surface area contributed by atoms with Crippen molar-refractivity contribution in [3.8, 4) is 0 Å². The molecule has 1 heterocycles. The van der Waals surface area contributed by atoms with Gasteiger partial charge in [0.1, 0.15) is 8.80 Å². The van der Waals surface area contributed by atoms with E-state index in [1.807, 2.05) is 0 Å². The lowest BCUT2D eigenvalue weighted by Crippen LogP contribution is -2.55. The molecule has 0 aromatic rings. The highest BCUT2D eigenvalue weighted by atomic mass is 28.3. The van der Waals surface area contributed by atoms with Gasteiger partial charge in [0, 0.05) is 13.2 Å². The average molecular weight is 273 g/mol. The van der Waals surface area contributed by atoms with Gasteiger partial charge in [-0.05, 0) is 25.7 Å². The SMILES string of the molecule is CCCNOC1(OCCC)CCCC[SiH]1CCC. The van der Waals surface area contributed by atoms with Crippen LogP contribution in [0.15, 0.2) is 0 Å². The van der Waals surface area contributed by atoms with Gasteiger partial charge in [-0.1, -0.05) is 45.7 Å². The number of hydroxylamine groups is 1. The van der Waals surface area contributed by atoms with Crippen LogP contribution in [-0.2, 0) is 9.57 Å². The first-order valence-corrected chi connectivity index (χ1v) is 10.0. The molecule has 0 spiro atoms. The van der Waals surface area contributed by atoms with Gasteiger partial charge in [0.2, 0.25) is 0 Å². The summed E-state index contributed by atoms with van der Waals surface area (Å²) in [5, 5.41) is 0. The van der Waals surface area contributed by atoms with Gasteiger partial charge in [0.25, 0.3) is 0 Å². The topological polar surface area (TPSA) is 30.5 Å². The van der Waals surface area contributed by atoms with Crippen molar-refractivity contribution >= 4 is 8.80 Å². The summed E-state index contributed by atoms with van der Waals surface area (Å²) in [6.45, 7) is 8.38. The van der Waals surface area contributed by atoms with E-state index in [9.17, 15) is 0 Å². The molecular formula is C14H31NO2Si. The first-order valence-electron chi connectivity index (χ1n) is 7.83. The molecule has 1 aliphatic heterocycles. The molecule has 1 rings (SSSR count). The van der Waals surface area contributed by atoms with Crippen LogP contribution in [0.1, 0.15) is 59.3 Å². The fraction of sp³-hybridized carbons (Fsp3) is 1.00. The van der Waals surface area contributed by atoms with E-state index in [0.717, 1.165) is 32.4 Å². The Labute approximate surface area is 114 Å². The van der Waals surface area contributed by atoms with Gasteiger partial charge in [-0.3, -0.25) is 4.84 Å². The molecule has 0 bridgehead atoms. The lowest BCUT2D eigenvalue weighted by Gasteiger charge is -2.42. The van der Waals surface area contributed by atoms with Crippen molar-refractivity contribution in [3.63, 3.8) is 0 Å². The quantitative estimate of drug-likeness (QED) is 0.302. The summed E-state index contributed by atoms with van der Waals surface area (Å²) in [5.41, 5.74) is 2.93. The van der Waals surface area contributed by atoms with E-state index in [1.54, 1.807) is 0 Å². The van der Waals surface area contributed by atoms with E-state index in [0.29, 0.717) is 0 Å². The molecule has 4 heteroatoms. The van der Waals surface area contributed by atoms with Crippen molar-refractivity contribution in [1.29, 1.82) is 0 Å². The second-order valence-corrected chi connectivity index (χ2v) is 8.82. The Morgan fingerprint density at radius 2 is 1.94 bits per heavy atom. The van der Waals surface area contributed by atoms with E-state index < -0.39 is 8.80 Å². The van der Waals surface area contributed by atoms with Gasteiger partial charge >= 0.3 is 0 Å². The molecule has 1 saturated heterocycles.